The summed E-state index contributed by atoms with van der Waals surface area (Å²) in [5, 5.41) is 12.1. The molecule has 1 aliphatic heterocycles. The maximum Gasteiger partial charge on any atom is 0.327 e. The van der Waals surface area contributed by atoms with E-state index in [0.29, 0.717) is 18.7 Å². The number of hydrogen-bond donors (Lipinski definition) is 2. The Balaban J connectivity index is 2.08. The quantitative estimate of drug-likeness (QED) is 0.854. The number of amides is 2. The van der Waals surface area contributed by atoms with Crippen molar-refractivity contribution in [2.75, 3.05) is 31.6 Å². The van der Waals surface area contributed by atoms with Crippen LogP contribution in [0.4, 0.5) is 10.5 Å². The third-order valence-corrected chi connectivity index (χ3v) is 3.79. The number of carboxylic acid groups (broad SMARTS) is 1. The standard InChI is InChI=1S/C15H21N3O3/c1-3-17(2)9-8-16-15(21)18-12-7-5-4-6-11(12)10-13(18)14(19)20/h4-7,13H,3,8-10H2,1-2H3,(H,16,21)(H,19,20). The zero-order chi connectivity index (χ0) is 15.4. The van der Waals surface area contributed by atoms with Gasteiger partial charge in [0.05, 0.1) is 0 Å². The second-order valence-corrected chi connectivity index (χ2v) is 5.18. The van der Waals surface area contributed by atoms with Crippen molar-refractivity contribution in [2.45, 2.75) is 19.4 Å². The van der Waals surface area contributed by atoms with E-state index in [-0.39, 0.29) is 6.03 Å². The van der Waals surface area contributed by atoms with Crippen molar-refractivity contribution in [3.05, 3.63) is 29.8 Å². The molecule has 6 heteroatoms. The summed E-state index contributed by atoms with van der Waals surface area (Å²) in [6.07, 6.45) is 0.355. The van der Waals surface area contributed by atoms with Gasteiger partial charge in [0.25, 0.3) is 0 Å². The molecule has 2 amide bonds. The molecule has 0 saturated carbocycles. The van der Waals surface area contributed by atoms with Crippen LogP contribution in [0.25, 0.3) is 0 Å². The number of carbonyl (C=O) groups excluding carboxylic acids is 1. The van der Waals surface area contributed by atoms with Crippen LogP contribution in [0.2, 0.25) is 0 Å². The first-order valence-electron chi connectivity index (χ1n) is 7.11. The molecule has 2 rings (SSSR count). The number of urea groups is 1. The maximum absolute atomic E-state index is 12.3. The number of anilines is 1. The van der Waals surface area contributed by atoms with Gasteiger partial charge in [-0.25, -0.2) is 9.59 Å². The van der Waals surface area contributed by atoms with Crippen molar-refractivity contribution in [3.63, 3.8) is 0 Å². The molecule has 0 aromatic heterocycles. The summed E-state index contributed by atoms with van der Waals surface area (Å²) in [5.74, 6) is -0.980. The van der Waals surface area contributed by atoms with E-state index in [4.69, 9.17) is 0 Å². The predicted octanol–water partition coefficient (Wildman–Crippen LogP) is 1.16. The zero-order valence-corrected chi connectivity index (χ0v) is 12.4. The Morgan fingerprint density at radius 1 is 1.43 bits per heavy atom. The van der Waals surface area contributed by atoms with Gasteiger partial charge in [0.1, 0.15) is 6.04 Å². The number of likely N-dealkylation sites (N-methyl/N-ethyl adjacent to an activating group) is 1. The van der Waals surface area contributed by atoms with Crippen LogP contribution in [-0.4, -0.2) is 54.7 Å². The van der Waals surface area contributed by atoms with Gasteiger partial charge in [-0.2, -0.15) is 0 Å². The Hall–Kier alpha value is -2.08. The molecule has 114 valence electrons. The lowest BCUT2D eigenvalue weighted by Gasteiger charge is -2.23. The normalized spacial score (nSPS) is 16.9. The number of nitrogens with zero attached hydrogens (tertiary/aromatic N) is 2. The Bertz CT molecular complexity index is 533. The first-order chi connectivity index (χ1) is 10.0. The van der Waals surface area contributed by atoms with Crippen LogP contribution in [0.5, 0.6) is 0 Å². The highest BCUT2D eigenvalue weighted by atomic mass is 16.4. The number of rotatable bonds is 5. The van der Waals surface area contributed by atoms with Gasteiger partial charge in [0.15, 0.2) is 0 Å². The topological polar surface area (TPSA) is 72.9 Å². The largest absolute Gasteiger partial charge is 0.480 e. The Labute approximate surface area is 124 Å². The fraction of sp³-hybridized carbons (Fsp3) is 0.467. The molecule has 0 spiro atoms. The van der Waals surface area contributed by atoms with Crippen LogP contribution in [0.1, 0.15) is 12.5 Å². The van der Waals surface area contributed by atoms with Gasteiger partial charge < -0.3 is 15.3 Å². The van der Waals surface area contributed by atoms with E-state index in [1.54, 1.807) is 6.07 Å². The highest BCUT2D eigenvalue weighted by molar-refractivity contribution is 6.01. The average molecular weight is 291 g/mol. The van der Waals surface area contributed by atoms with E-state index in [9.17, 15) is 14.7 Å². The lowest BCUT2D eigenvalue weighted by Crippen LogP contribution is -2.49. The Morgan fingerprint density at radius 2 is 2.14 bits per heavy atom. The molecule has 0 fully saturated rings. The number of carboxylic acids is 1. The molecule has 6 nitrogen and oxygen atoms in total. The summed E-state index contributed by atoms with van der Waals surface area (Å²) in [6, 6.07) is 6.14. The molecule has 1 aromatic rings. The van der Waals surface area contributed by atoms with Gasteiger partial charge in [-0.05, 0) is 25.2 Å². The molecular formula is C15H21N3O3. The highest BCUT2D eigenvalue weighted by Gasteiger charge is 2.38. The number of fused-ring (bicyclic) bond motifs is 1. The predicted molar refractivity (Wildman–Crippen MR) is 80.6 cm³/mol. The first-order valence-corrected chi connectivity index (χ1v) is 7.11. The van der Waals surface area contributed by atoms with Gasteiger partial charge >= 0.3 is 12.0 Å². The van der Waals surface area contributed by atoms with Crippen molar-refractivity contribution in [1.29, 1.82) is 0 Å². The minimum Gasteiger partial charge on any atom is -0.480 e. The van der Waals surface area contributed by atoms with E-state index >= 15 is 0 Å². The second-order valence-electron chi connectivity index (χ2n) is 5.18. The van der Waals surface area contributed by atoms with Gasteiger partial charge in [0, 0.05) is 25.2 Å². The lowest BCUT2D eigenvalue weighted by atomic mass is 10.1. The molecule has 0 radical (unpaired) electrons. The monoisotopic (exact) mass is 291 g/mol. The Kier molecular flexibility index (Phi) is 4.80. The summed E-state index contributed by atoms with van der Waals surface area (Å²) in [4.78, 5) is 27.1. The van der Waals surface area contributed by atoms with Crippen LogP contribution >= 0.6 is 0 Å². The van der Waals surface area contributed by atoms with Gasteiger partial charge in [-0.15, -0.1) is 0 Å². The molecule has 0 bridgehead atoms. The number of nitrogens with one attached hydrogen (secondary N) is 1. The summed E-state index contributed by atoms with van der Waals surface area (Å²) in [7, 11) is 1.97. The minimum atomic E-state index is -0.980. The zero-order valence-electron chi connectivity index (χ0n) is 12.4. The van der Waals surface area contributed by atoms with Crippen molar-refractivity contribution >= 4 is 17.7 Å². The van der Waals surface area contributed by atoms with Crippen LogP contribution < -0.4 is 10.2 Å². The van der Waals surface area contributed by atoms with Gasteiger partial charge in [-0.3, -0.25) is 4.90 Å². The van der Waals surface area contributed by atoms with Crippen molar-refractivity contribution in [1.82, 2.24) is 10.2 Å². The summed E-state index contributed by atoms with van der Waals surface area (Å²) < 4.78 is 0. The minimum absolute atomic E-state index is 0.350. The molecule has 1 unspecified atom stereocenters. The number of para-hydroxylation sites is 1. The van der Waals surface area contributed by atoms with Crippen LogP contribution in [0, 0.1) is 0 Å². The van der Waals surface area contributed by atoms with E-state index < -0.39 is 12.0 Å². The summed E-state index contributed by atoms with van der Waals surface area (Å²) in [5.41, 5.74) is 1.58. The first kappa shape index (κ1) is 15.3. The van der Waals surface area contributed by atoms with Crippen LogP contribution in [0.3, 0.4) is 0 Å². The van der Waals surface area contributed by atoms with E-state index in [2.05, 4.69) is 10.2 Å². The summed E-state index contributed by atoms with van der Waals surface area (Å²) in [6.45, 7) is 4.17. The number of hydrogen-bond acceptors (Lipinski definition) is 3. The molecule has 2 N–H and O–H groups in total. The third-order valence-electron chi connectivity index (χ3n) is 3.79. The fourth-order valence-electron chi connectivity index (χ4n) is 2.43. The van der Waals surface area contributed by atoms with Crippen molar-refractivity contribution in [2.24, 2.45) is 0 Å². The van der Waals surface area contributed by atoms with Gasteiger partial charge in [-0.1, -0.05) is 25.1 Å². The Morgan fingerprint density at radius 3 is 2.81 bits per heavy atom. The van der Waals surface area contributed by atoms with E-state index in [0.717, 1.165) is 18.7 Å². The molecular weight excluding hydrogens is 270 g/mol. The van der Waals surface area contributed by atoms with E-state index in [1.165, 1.54) is 4.90 Å². The number of aliphatic carboxylic acids is 1. The van der Waals surface area contributed by atoms with Crippen LogP contribution in [0.15, 0.2) is 24.3 Å². The smallest absolute Gasteiger partial charge is 0.327 e. The lowest BCUT2D eigenvalue weighted by molar-refractivity contribution is -0.138. The molecule has 1 atom stereocenters. The highest BCUT2D eigenvalue weighted by Crippen LogP contribution is 2.32. The van der Waals surface area contributed by atoms with Crippen LogP contribution in [-0.2, 0) is 11.2 Å². The second kappa shape index (κ2) is 6.58. The number of benzene rings is 1. The molecule has 1 aliphatic rings. The van der Waals surface area contributed by atoms with Crippen molar-refractivity contribution in [3.8, 4) is 0 Å². The average Bonchev–Trinajstić information content (AvgIpc) is 2.86. The molecule has 0 aliphatic carbocycles. The number of carbonyl (C=O) groups is 2. The van der Waals surface area contributed by atoms with Gasteiger partial charge in [0.2, 0.25) is 0 Å². The maximum atomic E-state index is 12.3. The molecule has 1 aromatic carbocycles. The summed E-state index contributed by atoms with van der Waals surface area (Å²) >= 11 is 0. The van der Waals surface area contributed by atoms with E-state index in [1.807, 2.05) is 32.2 Å². The molecule has 21 heavy (non-hydrogen) atoms. The SMILES string of the molecule is CCN(C)CCNC(=O)N1c2ccccc2CC1C(=O)O. The molecule has 1 heterocycles. The van der Waals surface area contributed by atoms with Crippen molar-refractivity contribution < 1.29 is 14.7 Å². The molecule has 0 saturated heterocycles. The third kappa shape index (κ3) is 3.33. The fourth-order valence-corrected chi connectivity index (χ4v) is 2.43.